The van der Waals surface area contributed by atoms with E-state index in [0.717, 1.165) is 18.0 Å². The van der Waals surface area contributed by atoms with Gasteiger partial charge in [-0.15, -0.1) is 23.1 Å². The summed E-state index contributed by atoms with van der Waals surface area (Å²) in [5.74, 6) is -1.19. The van der Waals surface area contributed by atoms with Crippen molar-refractivity contribution in [3.8, 4) is 6.07 Å². The topological polar surface area (TPSA) is 95.3 Å². The maximum absolute atomic E-state index is 12.8. The first kappa shape index (κ1) is 19.0. The van der Waals surface area contributed by atoms with E-state index in [9.17, 15) is 14.9 Å². The van der Waals surface area contributed by atoms with Crippen LogP contribution in [0.25, 0.3) is 0 Å². The van der Waals surface area contributed by atoms with Crippen molar-refractivity contribution in [3.63, 3.8) is 0 Å². The number of hydrogen-bond donors (Lipinski definition) is 1. The summed E-state index contributed by atoms with van der Waals surface area (Å²) in [7, 11) is 0. The summed E-state index contributed by atoms with van der Waals surface area (Å²) in [6, 6.07) is 2.30. The molecule has 1 saturated carbocycles. The molecule has 3 rings (SSSR count). The van der Waals surface area contributed by atoms with Crippen LogP contribution < -0.4 is 5.32 Å². The zero-order valence-electron chi connectivity index (χ0n) is 14.6. The van der Waals surface area contributed by atoms with Crippen molar-refractivity contribution < 1.29 is 14.3 Å². The Kier molecular flexibility index (Phi) is 6.38. The molecule has 1 aromatic rings. The maximum Gasteiger partial charge on any atom is 0.323 e. The molecule has 1 N–H and O–H groups in total. The average molecular weight is 395 g/mol. The monoisotopic (exact) mass is 394 g/mol. The number of esters is 1. The van der Waals surface area contributed by atoms with E-state index in [1.54, 1.807) is 24.9 Å². The molecule has 1 aliphatic heterocycles. The summed E-state index contributed by atoms with van der Waals surface area (Å²) >= 11 is 3.10. The first-order valence-corrected chi connectivity index (χ1v) is 10.6. The van der Waals surface area contributed by atoms with Crippen molar-refractivity contribution in [2.24, 2.45) is 5.92 Å². The number of ether oxygens (including phenoxy) is 1. The van der Waals surface area contributed by atoms with Crippen LogP contribution in [-0.4, -0.2) is 51.6 Å². The highest BCUT2D eigenvalue weighted by Crippen LogP contribution is 2.43. The smallest absolute Gasteiger partial charge is 0.323 e. The fourth-order valence-corrected chi connectivity index (χ4v) is 5.16. The standard InChI is InChI=1S/C17H22N4O3S2/c1-2-24-16(23)11(10-18)9-14-21(12-3-4-12)15(22)13(26-14)5-6-19-17-20-7-8-25-17/h7-8,11-14H,2-6,9H2,1H3,(H,19,20). The lowest BCUT2D eigenvalue weighted by Crippen LogP contribution is -2.38. The number of amides is 1. The summed E-state index contributed by atoms with van der Waals surface area (Å²) in [6.07, 6.45) is 4.77. The Morgan fingerprint density at radius 1 is 1.58 bits per heavy atom. The quantitative estimate of drug-likeness (QED) is 0.643. The van der Waals surface area contributed by atoms with Gasteiger partial charge in [-0.1, -0.05) is 0 Å². The van der Waals surface area contributed by atoms with E-state index in [0.29, 0.717) is 19.4 Å². The lowest BCUT2D eigenvalue weighted by atomic mass is 10.1. The second-order valence-corrected chi connectivity index (χ2v) is 8.56. The molecule has 0 spiro atoms. The van der Waals surface area contributed by atoms with Crippen LogP contribution in [0.4, 0.5) is 5.13 Å². The van der Waals surface area contributed by atoms with Crippen LogP contribution in [0, 0.1) is 17.2 Å². The van der Waals surface area contributed by atoms with Gasteiger partial charge in [0.25, 0.3) is 0 Å². The van der Waals surface area contributed by atoms with Crippen molar-refractivity contribution in [3.05, 3.63) is 11.6 Å². The van der Waals surface area contributed by atoms with Crippen LogP contribution in [0.5, 0.6) is 0 Å². The summed E-state index contributed by atoms with van der Waals surface area (Å²) in [4.78, 5) is 30.8. The highest BCUT2D eigenvalue weighted by molar-refractivity contribution is 8.01. The minimum Gasteiger partial charge on any atom is -0.465 e. The number of rotatable bonds is 9. The molecule has 2 heterocycles. The second kappa shape index (κ2) is 8.73. The Labute approximate surface area is 161 Å². The highest BCUT2D eigenvalue weighted by Gasteiger charge is 2.47. The molecule has 1 aromatic heterocycles. The van der Waals surface area contributed by atoms with Crippen LogP contribution in [0.2, 0.25) is 0 Å². The third kappa shape index (κ3) is 4.48. The largest absolute Gasteiger partial charge is 0.465 e. The van der Waals surface area contributed by atoms with E-state index in [4.69, 9.17) is 4.74 Å². The van der Waals surface area contributed by atoms with Gasteiger partial charge in [0.2, 0.25) is 5.91 Å². The third-order valence-corrected chi connectivity index (χ3v) is 6.61. The number of carbonyl (C=O) groups is 2. The first-order valence-electron chi connectivity index (χ1n) is 8.81. The van der Waals surface area contributed by atoms with Crippen molar-refractivity contribution in [2.75, 3.05) is 18.5 Å². The van der Waals surface area contributed by atoms with Gasteiger partial charge in [0.05, 0.1) is 23.3 Å². The van der Waals surface area contributed by atoms with Crippen molar-refractivity contribution >= 4 is 40.1 Å². The fraction of sp³-hybridized carbons (Fsp3) is 0.647. The SMILES string of the molecule is CCOC(=O)C(C#N)CC1SC(CCNc2nccs2)C(=O)N1C1CC1. The summed E-state index contributed by atoms with van der Waals surface area (Å²) in [5.41, 5.74) is 0. The van der Waals surface area contributed by atoms with Gasteiger partial charge < -0.3 is 15.0 Å². The van der Waals surface area contributed by atoms with E-state index in [-0.39, 0.29) is 29.2 Å². The summed E-state index contributed by atoms with van der Waals surface area (Å²) < 4.78 is 4.99. The van der Waals surface area contributed by atoms with Crippen LogP contribution in [0.15, 0.2) is 11.6 Å². The number of nitrogens with one attached hydrogen (secondary N) is 1. The number of nitrogens with zero attached hydrogens (tertiary/aromatic N) is 3. The number of aromatic nitrogens is 1. The van der Waals surface area contributed by atoms with Gasteiger partial charge in [-0.2, -0.15) is 5.26 Å². The predicted octanol–water partition coefficient (Wildman–Crippen LogP) is 2.47. The Hall–Kier alpha value is -1.79. The van der Waals surface area contributed by atoms with Gasteiger partial charge in [0, 0.05) is 30.6 Å². The molecule has 0 aromatic carbocycles. The highest BCUT2D eigenvalue weighted by atomic mass is 32.2. The van der Waals surface area contributed by atoms with Crippen LogP contribution >= 0.6 is 23.1 Å². The van der Waals surface area contributed by atoms with Crippen molar-refractivity contribution in [1.29, 1.82) is 5.26 Å². The molecule has 0 bridgehead atoms. The Bertz CT molecular complexity index is 672. The molecular formula is C17H22N4O3S2. The molecule has 9 heteroatoms. The zero-order chi connectivity index (χ0) is 18.5. The Morgan fingerprint density at radius 3 is 3.00 bits per heavy atom. The van der Waals surface area contributed by atoms with Gasteiger partial charge in [-0.25, -0.2) is 4.98 Å². The number of nitriles is 1. The summed E-state index contributed by atoms with van der Waals surface area (Å²) in [5, 5.41) is 15.0. The van der Waals surface area contributed by atoms with E-state index < -0.39 is 11.9 Å². The van der Waals surface area contributed by atoms with Crippen LogP contribution in [-0.2, 0) is 14.3 Å². The molecule has 0 radical (unpaired) electrons. The molecular weight excluding hydrogens is 372 g/mol. The lowest BCUT2D eigenvalue weighted by Gasteiger charge is -2.24. The number of carbonyl (C=O) groups excluding carboxylic acids is 2. The number of thioether (sulfide) groups is 1. The normalized spacial score (nSPS) is 23.5. The molecule has 2 aliphatic rings. The molecule has 2 fully saturated rings. The van der Waals surface area contributed by atoms with E-state index >= 15 is 0 Å². The van der Waals surface area contributed by atoms with Gasteiger partial charge >= 0.3 is 5.97 Å². The Morgan fingerprint density at radius 2 is 2.38 bits per heavy atom. The predicted molar refractivity (Wildman–Crippen MR) is 101 cm³/mol. The molecule has 3 atom stereocenters. The van der Waals surface area contributed by atoms with E-state index in [1.807, 2.05) is 16.3 Å². The third-order valence-electron chi connectivity index (χ3n) is 4.38. The molecule has 26 heavy (non-hydrogen) atoms. The number of anilines is 1. The average Bonchev–Trinajstić information content (AvgIpc) is 3.22. The van der Waals surface area contributed by atoms with Gasteiger partial charge in [0.1, 0.15) is 5.92 Å². The van der Waals surface area contributed by atoms with Gasteiger partial charge in [-0.05, 0) is 26.2 Å². The molecule has 7 nitrogen and oxygen atoms in total. The molecule has 3 unspecified atom stereocenters. The van der Waals surface area contributed by atoms with E-state index in [1.165, 1.54) is 11.3 Å². The second-order valence-electron chi connectivity index (χ2n) is 6.28. The molecule has 1 saturated heterocycles. The summed E-state index contributed by atoms with van der Waals surface area (Å²) in [6.45, 7) is 2.65. The Balaban J connectivity index is 1.59. The van der Waals surface area contributed by atoms with Gasteiger partial charge in [-0.3, -0.25) is 9.59 Å². The zero-order valence-corrected chi connectivity index (χ0v) is 16.2. The van der Waals surface area contributed by atoms with E-state index in [2.05, 4.69) is 10.3 Å². The maximum atomic E-state index is 12.8. The van der Waals surface area contributed by atoms with Crippen molar-refractivity contribution in [1.82, 2.24) is 9.88 Å². The molecule has 1 amide bonds. The van der Waals surface area contributed by atoms with Crippen LogP contribution in [0.1, 0.15) is 32.6 Å². The van der Waals surface area contributed by atoms with Gasteiger partial charge in [0.15, 0.2) is 5.13 Å². The molecule has 1 aliphatic carbocycles. The lowest BCUT2D eigenvalue weighted by molar-refractivity contribution is -0.146. The van der Waals surface area contributed by atoms with Crippen LogP contribution in [0.3, 0.4) is 0 Å². The molecule has 140 valence electrons. The van der Waals surface area contributed by atoms with Crippen molar-refractivity contribution in [2.45, 2.75) is 49.3 Å². The minimum atomic E-state index is -0.825. The number of thiazole rings is 1. The first-order chi connectivity index (χ1) is 12.6. The fourth-order valence-electron chi connectivity index (χ4n) is 3.02. The number of hydrogen-bond acceptors (Lipinski definition) is 8. The minimum absolute atomic E-state index is 0.129.